The summed E-state index contributed by atoms with van der Waals surface area (Å²) in [6, 6.07) is 2.61. The number of carbonyl (C=O) groups is 1. The van der Waals surface area contributed by atoms with Crippen LogP contribution in [0.3, 0.4) is 0 Å². The molecule has 4 nitrogen and oxygen atoms in total. The number of alkyl halides is 3. The number of amides is 1. The molecule has 0 bridgehead atoms. The first-order valence-corrected chi connectivity index (χ1v) is 6.70. The minimum Gasteiger partial charge on any atom is -0.343 e. The maximum atomic E-state index is 14.0. The summed E-state index contributed by atoms with van der Waals surface area (Å²) in [5.41, 5.74) is -2.41. The number of nitrogens with one attached hydrogen (secondary N) is 1. The zero-order chi connectivity index (χ0) is 17.4. The van der Waals surface area contributed by atoms with Crippen molar-refractivity contribution in [2.45, 2.75) is 25.6 Å². The number of aryl methyl sites for hydroxylation is 1. The van der Waals surface area contributed by atoms with Crippen LogP contribution >= 0.6 is 0 Å². The van der Waals surface area contributed by atoms with E-state index in [0.717, 1.165) is 12.1 Å². The van der Waals surface area contributed by atoms with Crippen LogP contribution in [0.5, 0.6) is 0 Å². The Balaban J connectivity index is 2.31. The van der Waals surface area contributed by atoms with E-state index >= 15 is 0 Å². The van der Waals surface area contributed by atoms with Crippen LogP contribution in [0, 0.1) is 5.82 Å². The Hall–Kier alpha value is -2.38. The van der Waals surface area contributed by atoms with Crippen molar-refractivity contribution in [3.8, 4) is 0 Å². The Morgan fingerprint density at radius 2 is 1.91 bits per heavy atom. The number of nitrogens with zero attached hydrogens (tertiary/aromatic N) is 2. The predicted molar refractivity (Wildman–Crippen MR) is 75.1 cm³/mol. The molecule has 1 heterocycles. The first-order chi connectivity index (χ1) is 10.5. The smallest absolute Gasteiger partial charge is 0.343 e. The Labute approximate surface area is 130 Å². The summed E-state index contributed by atoms with van der Waals surface area (Å²) in [4.78, 5) is 12.2. The Bertz CT molecular complexity index is 735. The molecule has 1 N–H and O–H groups in total. The second-order valence-corrected chi connectivity index (χ2v) is 5.65. The minimum atomic E-state index is -4.86. The van der Waals surface area contributed by atoms with Crippen molar-refractivity contribution in [1.82, 2.24) is 15.1 Å². The summed E-state index contributed by atoms with van der Waals surface area (Å²) < 4.78 is 53.7. The van der Waals surface area contributed by atoms with Gasteiger partial charge in [-0.15, -0.1) is 0 Å². The summed E-state index contributed by atoms with van der Waals surface area (Å²) in [5.74, 6) is -2.51. The average molecular weight is 329 g/mol. The number of halogens is 4. The molecule has 1 amide bonds. The highest BCUT2D eigenvalue weighted by Gasteiger charge is 2.36. The van der Waals surface area contributed by atoms with Gasteiger partial charge in [-0.05, 0) is 26.0 Å². The van der Waals surface area contributed by atoms with Crippen molar-refractivity contribution in [3.63, 3.8) is 0 Å². The third kappa shape index (κ3) is 3.52. The molecule has 0 saturated heterocycles. The van der Waals surface area contributed by atoms with E-state index in [2.05, 4.69) is 10.4 Å². The van der Waals surface area contributed by atoms with Crippen molar-refractivity contribution in [2.24, 2.45) is 7.05 Å². The highest BCUT2D eigenvalue weighted by molar-refractivity contribution is 5.95. The molecule has 0 aliphatic heterocycles. The lowest BCUT2D eigenvalue weighted by Crippen LogP contribution is -2.41. The molecule has 0 radical (unpaired) electrons. The average Bonchev–Trinajstić information content (AvgIpc) is 2.84. The quantitative estimate of drug-likeness (QED) is 0.879. The van der Waals surface area contributed by atoms with Crippen LogP contribution in [0.15, 0.2) is 30.6 Å². The van der Waals surface area contributed by atoms with Gasteiger partial charge in [-0.2, -0.15) is 18.3 Å². The van der Waals surface area contributed by atoms with Gasteiger partial charge in [-0.1, -0.05) is 6.07 Å². The number of rotatable bonds is 3. The van der Waals surface area contributed by atoms with Crippen LogP contribution < -0.4 is 5.32 Å². The molecule has 1 aromatic heterocycles. The number of benzene rings is 1. The van der Waals surface area contributed by atoms with E-state index < -0.39 is 34.6 Å². The van der Waals surface area contributed by atoms with Gasteiger partial charge in [-0.3, -0.25) is 9.48 Å². The van der Waals surface area contributed by atoms with Gasteiger partial charge in [0.15, 0.2) is 0 Å². The highest BCUT2D eigenvalue weighted by atomic mass is 19.4. The third-order valence-electron chi connectivity index (χ3n) is 3.40. The third-order valence-corrected chi connectivity index (χ3v) is 3.40. The molecule has 0 unspecified atom stereocenters. The summed E-state index contributed by atoms with van der Waals surface area (Å²) in [6.07, 6.45) is -1.69. The molecule has 2 aromatic rings. The Kier molecular flexibility index (Phi) is 4.19. The van der Waals surface area contributed by atoms with Gasteiger partial charge >= 0.3 is 6.18 Å². The molecule has 0 aliphatic rings. The minimum absolute atomic E-state index is 0.596. The predicted octanol–water partition coefficient (Wildman–Crippen LogP) is 3.24. The largest absolute Gasteiger partial charge is 0.419 e. The molecule has 0 atom stereocenters. The van der Waals surface area contributed by atoms with Crippen LogP contribution in [-0.2, 0) is 18.8 Å². The Morgan fingerprint density at radius 3 is 2.43 bits per heavy atom. The van der Waals surface area contributed by atoms with E-state index in [1.165, 1.54) is 10.9 Å². The van der Waals surface area contributed by atoms with E-state index in [-0.39, 0.29) is 0 Å². The van der Waals surface area contributed by atoms with Crippen molar-refractivity contribution >= 4 is 5.91 Å². The van der Waals surface area contributed by atoms with Crippen LogP contribution in [0.25, 0.3) is 0 Å². The first kappa shape index (κ1) is 17.0. The Morgan fingerprint density at radius 1 is 1.26 bits per heavy atom. The fraction of sp³-hybridized carbons (Fsp3) is 0.333. The fourth-order valence-electron chi connectivity index (χ4n) is 2.09. The summed E-state index contributed by atoms with van der Waals surface area (Å²) in [6.45, 7) is 3.29. The molecule has 0 saturated carbocycles. The van der Waals surface area contributed by atoms with E-state index in [1.807, 2.05) is 0 Å². The van der Waals surface area contributed by atoms with Gasteiger partial charge in [0.05, 0.1) is 22.9 Å². The van der Waals surface area contributed by atoms with Gasteiger partial charge in [0.2, 0.25) is 0 Å². The van der Waals surface area contributed by atoms with Gasteiger partial charge in [0.25, 0.3) is 5.91 Å². The van der Waals surface area contributed by atoms with Crippen LogP contribution in [-0.4, -0.2) is 15.7 Å². The SMILES string of the molecule is Cn1cc(C(C)(C)NC(=O)c2cccc(C(F)(F)F)c2F)cn1. The molecule has 8 heteroatoms. The topological polar surface area (TPSA) is 46.9 Å². The number of hydrogen-bond donors (Lipinski definition) is 1. The van der Waals surface area contributed by atoms with E-state index in [0.29, 0.717) is 11.6 Å². The lowest BCUT2D eigenvalue weighted by atomic mass is 9.97. The standard InChI is InChI=1S/C15H15F4N3O/c1-14(2,9-7-20-22(3)8-9)21-13(23)10-5-4-6-11(12(10)16)15(17,18)19/h4-8H,1-3H3,(H,21,23). The van der Waals surface area contributed by atoms with Gasteiger partial charge in [0, 0.05) is 18.8 Å². The van der Waals surface area contributed by atoms with Crippen molar-refractivity contribution in [1.29, 1.82) is 0 Å². The molecule has 2 rings (SSSR count). The lowest BCUT2D eigenvalue weighted by molar-refractivity contribution is -0.140. The van der Waals surface area contributed by atoms with Crippen molar-refractivity contribution < 1.29 is 22.4 Å². The number of aromatic nitrogens is 2. The van der Waals surface area contributed by atoms with Crippen molar-refractivity contribution in [3.05, 3.63) is 53.1 Å². The van der Waals surface area contributed by atoms with E-state index in [4.69, 9.17) is 0 Å². The van der Waals surface area contributed by atoms with Crippen LogP contribution in [0.2, 0.25) is 0 Å². The van der Waals surface area contributed by atoms with Gasteiger partial charge in [-0.25, -0.2) is 4.39 Å². The molecule has 0 aliphatic carbocycles. The molecule has 0 fully saturated rings. The molecule has 124 valence electrons. The van der Waals surface area contributed by atoms with E-state index in [9.17, 15) is 22.4 Å². The summed E-state index contributed by atoms with van der Waals surface area (Å²) >= 11 is 0. The highest BCUT2D eigenvalue weighted by Crippen LogP contribution is 2.32. The first-order valence-electron chi connectivity index (χ1n) is 6.70. The molecular weight excluding hydrogens is 314 g/mol. The monoisotopic (exact) mass is 329 g/mol. The molecule has 0 spiro atoms. The fourth-order valence-corrected chi connectivity index (χ4v) is 2.09. The van der Waals surface area contributed by atoms with Gasteiger partial charge in [0.1, 0.15) is 5.82 Å². The number of carbonyl (C=O) groups excluding carboxylic acids is 1. The van der Waals surface area contributed by atoms with Gasteiger partial charge < -0.3 is 5.32 Å². The second kappa shape index (κ2) is 5.68. The molecular formula is C15H15F4N3O. The maximum Gasteiger partial charge on any atom is 0.419 e. The zero-order valence-electron chi connectivity index (χ0n) is 12.7. The van der Waals surface area contributed by atoms with E-state index in [1.54, 1.807) is 27.1 Å². The molecule has 1 aromatic carbocycles. The molecule has 23 heavy (non-hydrogen) atoms. The summed E-state index contributed by atoms with van der Waals surface area (Å²) in [5, 5.41) is 6.49. The second-order valence-electron chi connectivity index (χ2n) is 5.65. The van der Waals surface area contributed by atoms with Crippen LogP contribution in [0.4, 0.5) is 17.6 Å². The number of hydrogen-bond acceptors (Lipinski definition) is 2. The lowest BCUT2D eigenvalue weighted by Gasteiger charge is -2.25. The van der Waals surface area contributed by atoms with Crippen LogP contribution in [0.1, 0.15) is 35.3 Å². The zero-order valence-corrected chi connectivity index (χ0v) is 12.7. The summed E-state index contributed by atoms with van der Waals surface area (Å²) in [7, 11) is 1.69. The van der Waals surface area contributed by atoms with Crippen molar-refractivity contribution in [2.75, 3.05) is 0 Å². The normalized spacial score (nSPS) is 12.3. The maximum absolute atomic E-state index is 14.0.